The summed E-state index contributed by atoms with van der Waals surface area (Å²) >= 11 is 0. The van der Waals surface area contributed by atoms with Crippen LogP contribution in [0.15, 0.2) is 70.4 Å². The standard InChI is InChI=1S/C23H21F2N3O3/c1-15-10-13-30-20(15)22(29)28-23(11-5-12-26,16-6-3-2-4-7-16)31-21(27-28)18-14-17(24)8-9-19(18)25/h2-4,6-10,13-14H,5,11-12,26H2,1H3. The molecular weight excluding hydrogens is 404 g/mol. The molecule has 0 aliphatic carbocycles. The van der Waals surface area contributed by atoms with Gasteiger partial charge in [-0.1, -0.05) is 30.3 Å². The first-order valence-electron chi connectivity index (χ1n) is 9.83. The van der Waals surface area contributed by atoms with E-state index < -0.39 is 23.3 Å². The molecule has 1 aliphatic rings. The largest absolute Gasteiger partial charge is 0.459 e. The third-order valence-electron chi connectivity index (χ3n) is 5.15. The number of furan rings is 1. The van der Waals surface area contributed by atoms with E-state index in [2.05, 4.69) is 5.10 Å². The predicted molar refractivity (Wildman–Crippen MR) is 110 cm³/mol. The Hall–Kier alpha value is -3.52. The highest BCUT2D eigenvalue weighted by atomic mass is 19.1. The van der Waals surface area contributed by atoms with Crippen molar-refractivity contribution >= 4 is 11.8 Å². The molecule has 1 unspecified atom stereocenters. The molecule has 4 rings (SSSR count). The molecule has 1 atom stereocenters. The quantitative estimate of drug-likeness (QED) is 0.639. The Labute approximate surface area is 177 Å². The summed E-state index contributed by atoms with van der Waals surface area (Å²) in [7, 11) is 0. The second-order valence-electron chi connectivity index (χ2n) is 7.22. The van der Waals surface area contributed by atoms with Gasteiger partial charge in [0.05, 0.1) is 11.8 Å². The van der Waals surface area contributed by atoms with Crippen LogP contribution in [0.25, 0.3) is 0 Å². The zero-order valence-corrected chi connectivity index (χ0v) is 16.8. The second kappa shape index (κ2) is 8.31. The molecule has 2 N–H and O–H groups in total. The van der Waals surface area contributed by atoms with Gasteiger partial charge >= 0.3 is 5.91 Å². The first-order valence-corrected chi connectivity index (χ1v) is 9.83. The van der Waals surface area contributed by atoms with Crippen LogP contribution in [-0.2, 0) is 10.5 Å². The smallest absolute Gasteiger partial charge is 0.313 e. The topological polar surface area (TPSA) is 81.1 Å². The van der Waals surface area contributed by atoms with Crippen LogP contribution >= 0.6 is 0 Å². The Morgan fingerprint density at radius 2 is 1.94 bits per heavy atom. The fourth-order valence-electron chi connectivity index (χ4n) is 3.59. The summed E-state index contributed by atoms with van der Waals surface area (Å²) in [6, 6.07) is 13.6. The normalized spacial score (nSPS) is 18.1. The fraction of sp³-hybridized carbons (Fsp3) is 0.217. The molecule has 160 valence electrons. The molecule has 2 aromatic carbocycles. The van der Waals surface area contributed by atoms with Gasteiger partial charge in [0.25, 0.3) is 0 Å². The number of carbonyl (C=O) groups excluding carboxylic acids is 1. The number of hydrogen-bond donors (Lipinski definition) is 1. The zero-order valence-electron chi connectivity index (χ0n) is 16.8. The first-order chi connectivity index (χ1) is 15.0. The number of ether oxygens (including phenoxy) is 1. The first kappa shape index (κ1) is 20.7. The Balaban J connectivity index is 1.88. The van der Waals surface area contributed by atoms with Crippen LogP contribution < -0.4 is 5.73 Å². The van der Waals surface area contributed by atoms with Crippen LogP contribution in [0.2, 0.25) is 0 Å². The van der Waals surface area contributed by atoms with Crippen molar-refractivity contribution in [2.75, 3.05) is 6.54 Å². The molecule has 3 aromatic rings. The lowest BCUT2D eigenvalue weighted by atomic mass is 9.96. The average Bonchev–Trinajstić information content (AvgIpc) is 3.38. The molecule has 0 saturated carbocycles. The van der Waals surface area contributed by atoms with Gasteiger partial charge in [0.1, 0.15) is 11.6 Å². The van der Waals surface area contributed by atoms with Gasteiger partial charge in [-0.2, -0.15) is 5.01 Å². The van der Waals surface area contributed by atoms with E-state index in [0.717, 1.165) is 23.2 Å². The van der Waals surface area contributed by atoms with Gasteiger partial charge in [-0.3, -0.25) is 4.79 Å². The number of rotatable bonds is 6. The van der Waals surface area contributed by atoms with E-state index in [1.54, 1.807) is 37.3 Å². The molecule has 0 radical (unpaired) electrons. The van der Waals surface area contributed by atoms with Crippen LogP contribution in [0.3, 0.4) is 0 Å². The lowest BCUT2D eigenvalue weighted by Gasteiger charge is -2.35. The zero-order chi connectivity index (χ0) is 22.0. The van der Waals surface area contributed by atoms with Crippen molar-refractivity contribution in [2.24, 2.45) is 10.8 Å². The Morgan fingerprint density at radius 1 is 1.16 bits per heavy atom. The van der Waals surface area contributed by atoms with Gasteiger partial charge in [0.2, 0.25) is 11.6 Å². The summed E-state index contributed by atoms with van der Waals surface area (Å²) < 4.78 is 39.9. The van der Waals surface area contributed by atoms with E-state index in [1.807, 2.05) is 6.07 Å². The number of nitrogens with two attached hydrogens (primary N) is 1. The number of carbonyl (C=O) groups is 1. The van der Waals surface area contributed by atoms with Gasteiger partial charge in [0.15, 0.2) is 5.76 Å². The molecule has 1 aliphatic heterocycles. The van der Waals surface area contributed by atoms with Crippen molar-refractivity contribution in [3.05, 3.63) is 94.9 Å². The molecule has 1 amide bonds. The number of halogens is 2. The maximum Gasteiger partial charge on any atom is 0.313 e. The summed E-state index contributed by atoms with van der Waals surface area (Å²) in [6.45, 7) is 2.07. The molecule has 2 heterocycles. The van der Waals surface area contributed by atoms with Gasteiger partial charge in [-0.15, -0.1) is 5.10 Å². The van der Waals surface area contributed by atoms with E-state index in [-0.39, 0.29) is 23.6 Å². The van der Waals surface area contributed by atoms with Crippen molar-refractivity contribution in [3.8, 4) is 0 Å². The maximum absolute atomic E-state index is 14.5. The highest BCUT2D eigenvalue weighted by Gasteiger charge is 2.50. The van der Waals surface area contributed by atoms with Gasteiger partial charge in [0, 0.05) is 17.5 Å². The lowest BCUT2D eigenvalue weighted by molar-refractivity contribution is -0.0606. The van der Waals surface area contributed by atoms with Crippen LogP contribution in [0.1, 0.15) is 40.1 Å². The van der Waals surface area contributed by atoms with Gasteiger partial charge in [-0.25, -0.2) is 8.78 Å². The second-order valence-corrected chi connectivity index (χ2v) is 7.22. The number of amides is 1. The number of hydrazone groups is 1. The number of hydrogen-bond acceptors (Lipinski definition) is 5. The Morgan fingerprint density at radius 3 is 2.61 bits per heavy atom. The molecule has 6 nitrogen and oxygen atoms in total. The number of nitrogens with zero attached hydrogens (tertiary/aromatic N) is 2. The fourth-order valence-corrected chi connectivity index (χ4v) is 3.59. The number of aryl methyl sites for hydroxylation is 1. The van der Waals surface area contributed by atoms with E-state index in [9.17, 15) is 13.6 Å². The lowest BCUT2D eigenvalue weighted by Crippen LogP contribution is -2.45. The van der Waals surface area contributed by atoms with Crippen molar-refractivity contribution in [1.82, 2.24) is 5.01 Å². The van der Waals surface area contributed by atoms with Crippen molar-refractivity contribution in [1.29, 1.82) is 0 Å². The van der Waals surface area contributed by atoms with Gasteiger partial charge in [-0.05, 0) is 44.2 Å². The van der Waals surface area contributed by atoms with E-state index in [1.165, 1.54) is 6.26 Å². The highest BCUT2D eigenvalue weighted by molar-refractivity contribution is 6.00. The highest BCUT2D eigenvalue weighted by Crippen LogP contribution is 2.42. The van der Waals surface area contributed by atoms with Crippen molar-refractivity contribution < 1.29 is 22.7 Å². The molecule has 0 bridgehead atoms. The minimum absolute atomic E-state index is 0.0846. The summed E-state index contributed by atoms with van der Waals surface area (Å²) in [5.41, 5.74) is 5.41. The molecule has 0 fully saturated rings. The molecular formula is C23H21F2N3O3. The van der Waals surface area contributed by atoms with Crippen LogP contribution in [0.4, 0.5) is 8.78 Å². The van der Waals surface area contributed by atoms with Crippen LogP contribution in [0, 0.1) is 18.6 Å². The van der Waals surface area contributed by atoms with E-state index in [0.29, 0.717) is 24.1 Å². The minimum atomic E-state index is -1.40. The third kappa shape index (κ3) is 3.70. The maximum atomic E-state index is 14.5. The third-order valence-corrected chi connectivity index (χ3v) is 5.15. The van der Waals surface area contributed by atoms with Gasteiger partial charge < -0.3 is 14.9 Å². The molecule has 0 saturated heterocycles. The van der Waals surface area contributed by atoms with Crippen molar-refractivity contribution in [2.45, 2.75) is 25.5 Å². The molecule has 1 aromatic heterocycles. The van der Waals surface area contributed by atoms with Crippen LogP contribution in [-0.4, -0.2) is 23.4 Å². The minimum Gasteiger partial charge on any atom is -0.459 e. The Kier molecular flexibility index (Phi) is 5.56. The van der Waals surface area contributed by atoms with E-state index in [4.69, 9.17) is 14.9 Å². The Bertz CT molecular complexity index is 1130. The summed E-state index contributed by atoms with van der Waals surface area (Å²) in [6.07, 6.45) is 2.17. The van der Waals surface area contributed by atoms with Crippen molar-refractivity contribution in [3.63, 3.8) is 0 Å². The molecule has 8 heteroatoms. The predicted octanol–water partition coefficient (Wildman–Crippen LogP) is 4.29. The molecule has 31 heavy (non-hydrogen) atoms. The molecule has 0 spiro atoms. The summed E-state index contributed by atoms with van der Waals surface area (Å²) in [5.74, 6) is -2.04. The number of benzene rings is 2. The summed E-state index contributed by atoms with van der Waals surface area (Å²) in [4.78, 5) is 13.5. The van der Waals surface area contributed by atoms with E-state index >= 15 is 0 Å². The SMILES string of the molecule is Cc1ccoc1C(=O)N1N=C(c2cc(F)ccc2F)OC1(CCCN)c1ccccc1. The van der Waals surface area contributed by atoms with Crippen LogP contribution in [0.5, 0.6) is 0 Å². The average molecular weight is 425 g/mol. The summed E-state index contributed by atoms with van der Waals surface area (Å²) in [5, 5.41) is 5.45. The monoisotopic (exact) mass is 425 g/mol.